The molecule has 0 radical (unpaired) electrons. The minimum absolute atomic E-state index is 0.198. The van der Waals surface area contributed by atoms with Crippen molar-refractivity contribution in [1.82, 2.24) is 0 Å². The molecule has 0 saturated carbocycles. The molecular weight excluding hydrogens is 440 g/mol. The van der Waals surface area contributed by atoms with E-state index in [1.54, 1.807) is 12.1 Å². The highest BCUT2D eigenvalue weighted by Gasteiger charge is 2.26. The molecule has 2 N–H and O–H groups in total. The van der Waals surface area contributed by atoms with E-state index in [1.165, 1.54) is 22.5 Å². The van der Waals surface area contributed by atoms with Gasteiger partial charge in [0.1, 0.15) is 5.00 Å². The molecule has 1 aliphatic carbocycles. The number of furan rings is 1. The van der Waals surface area contributed by atoms with E-state index in [1.807, 2.05) is 24.3 Å². The molecule has 28 heavy (non-hydrogen) atoms. The van der Waals surface area contributed by atoms with Gasteiger partial charge in [-0.1, -0.05) is 22.4 Å². The van der Waals surface area contributed by atoms with Gasteiger partial charge in [0.2, 0.25) is 0 Å². The van der Waals surface area contributed by atoms with Crippen LogP contribution in [0.25, 0.3) is 0 Å². The minimum atomic E-state index is -0.348. The number of carbonyl (C=O) groups excluding carboxylic acids is 2. The Morgan fingerprint density at radius 1 is 0.964 bits per heavy atom. The summed E-state index contributed by atoms with van der Waals surface area (Å²) in [7, 11) is 0. The summed E-state index contributed by atoms with van der Waals surface area (Å²) in [5.74, 6) is -0.321. The van der Waals surface area contributed by atoms with E-state index in [9.17, 15) is 9.59 Å². The van der Waals surface area contributed by atoms with Crippen LogP contribution in [0.1, 0.15) is 50.6 Å². The fraction of sp³-hybridized carbons (Fsp3) is 0.238. The Labute approximate surface area is 175 Å². The van der Waals surface area contributed by atoms with Gasteiger partial charge in [0.05, 0.1) is 11.8 Å². The maximum Gasteiger partial charge on any atom is 0.291 e. The highest BCUT2D eigenvalue weighted by Crippen LogP contribution is 2.38. The van der Waals surface area contributed by atoms with Crippen LogP contribution in [0.2, 0.25) is 0 Å². The van der Waals surface area contributed by atoms with Crippen molar-refractivity contribution in [3.63, 3.8) is 0 Å². The molecule has 0 atom stereocenters. The topological polar surface area (TPSA) is 71.3 Å². The number of halogens is 1. The first-order chi connectivity index (χ1) is 13.6. The summed E-state index contributed by atoms with van der Waals surface area (Å²) in [4.78, 5) is 26.8. The third-order valence-corrected chi connectivity index (χ3v) is 6.46. The van der Waals surface area contributed by atoms with Crippen molar-refractivity contribution in [2.45, 2.75) is 32.1 Å². The highest BCUT2D eigenvalue weighted by atomic mass is 79.9. The molecule has 7 heteroatoms. The van der Waals surface area contributed by atoms with Crippen LogP contribution >= 0.6 is 27.3 Å². The zero-order valence-electron chi connectivity index (χ0n) is 15.1. The largest absolute Gasteiger partial charge is 0.459 e. The van der Waals surface area contributed by atoms with Crippen molar-refractivity contribution in [2.75, 3.05) is 10.6 Å². The first-order valence-electron chi connectivity index (χ1n) is 9.18. The second-order valence-electron chi connectivity index (χ2n) is 6.66. The van der Waals surface area contributed by atoms with Crippen LogP contribution in [0, 0.1) is 0 Å². The van der Waals surface area contributed by atoms with Gasteiger partial charge in [-0.05, 0) is 67.6 Å². The van der Waals surface area contributed by atoms with E-state index < -0.39 is 0 Å². The highest BCUT2D eigenvalue weighted by molar-refractivity contribution is 9.10. The number of benzene rings is 1. The summed E-state index contributed by atoms with van der Waals surface area (Å²) in [6.45, 7) is 0. The van der Waals surface area contributed by atoms with Gasteiger partial charge in [-0.25, -0.2) is 0 Å². The van der Waals surface area contributed by atoms with Gasteiger partial charge in [-0.2, -0.15) is 0 Å². The van der Waals surface area contributed by atoms with E-state index >= 15 is 0 Å². The van der Waals surface area contributed by atoms with Crippen molar-refractivity contribution < 1.29 is 14.0 Å². The number of fused-ring (bicyclic) bond motifs is 1. The normalized spacial score (nSPS) is 13.5. The quantitative estimate of drug-likeness (QED) is 0.479. The van der Waals surface area contributed by atoms with Crippen molar-refractivity contribution in [1.29, 1.82) is 0 Å². The zero-order chi connectivity index (χ0) is 19.5. The molecular formula is C21H19BrN2O3S. The summed E-state index contributed by atoms with van der Waals surface area (Å²) in [5, 5.41) is 6.43. The Bertz CT molecular complexity index is 994. The Kier molecular flexibility index (Phi) is 5.64. The first kappa shape index (κ1) is 19.0. The lowest BCUT2D eigenvalue weighted by Gasteiger charge is -2.10. The smallest absolute Gasteiger partial charge is 0.291 e. The van der Waals surface area contributed by atoms with Crippen molar-refractivity contribution in [2.24, 2.45) is 0 Å². The molecule has 4 rings (SSSR count). The molecule has 3 aromatic rings. The van der Waals surface area contributed by atoms with E-state index in [0.29, 0.717) is 16.3 Å². The monoisotopic (exact) mass is 458 g/mol. The SMILES string of the molecule is O=C(Nc1sc2c(c1C(=O)Nc1ccc(Br)cc1)CCCCC2)c1ccco1. The van der Waals surface area contributed by atoms with Gasteiger partial charge in [-0.3, -0.25) is 9.59 Å². The van der Waals surface area contributed by atoms with Crippen LogP contribution in [0.3, 0.4) is 0 Å². The summed E-state index contributed by atoms with van der Waals surface area (Å²) in [6, 6.07) is 10.7. The number of amides is 2. The molecule has 1 aromatic carbocycles. The number of nitrogens with one attached hydrogen (secondary N) is 2. The summed E-state index contributed by atoms with van der Waals surface area (Å²) in [6.07, 6.45) is 6.56. The summed E-state index contributed by atoms with van der Waals surface area (Å²) < 4.78 is 6.13. The minimum Gasteiger partial charge on any atom is -0.459 e. The Hall–Kier alpha value is -2.38. The molecule has 1 aliphatic rings. The fourth-order valence-corrected chi connectivity index (χ4v) is 4.92. The average molecular weight is 459 g/mol. The number of carbonyl (C=O) groups is 2. The van der Waals surface area contributed by atoms with Crippen LogP contribution in [-0.4, -0.2) is 11.8 Å². The van der Waals surface area contributed by atoms with Gasteiger partial charge < -0.3 is 15.1 Å². The molecule has 0 unspecified atom stereocenters. The molecule has 2 aromatic heterocycles. The maximum atomic E-state index is 13.1. The lowest BCUT2D eigenvalue weighted by molar-refractivity contribution is 0.0997. The van der Waals surface area contributed by atoms with Gasteiger partial charge in [0.25, 0.3) is 11.8 Å². The molecule has 2 heterocycles. The van der Waals surface area contributed by atoms with E-state index in [4.69, 9.17) is 4.42 Å². The number of anilines is 2. The van der Waals surface area contributed by atoms with E-state index in [0.717, 1.165) is 42.1 Å². The van der Waals surface area contributed by atoms with Crippen LogP contribution in [0.5, 0.6) is 0 Å². The van der Waals surface area contributed by atoms with Crippen LogP contribution in [0.4, 0.5) is 10.7 Å². The lowest BCUT2D eigenvalue weighted by atomic mass is 10.0. The Balaban J connectivity index is 1.66. The predicted molar refractivity (Wildman–Crippen MR) is 114 cm³/mol. The molecule has 2 amide bonds. The van der Waals surface area contributed by atoms with Crippen molar-refractivity contribution in [3.8, 4) is 0 Å². The third kappa shape index (κ3) is 4.05. The van der Waals surface area contributed by atoms with Crippen LogP contribution in [0.15, 0.2) is 51.6 Å². The van der Waals surface area contributed by atoms with Gasteiger partial charge >= 0.3 is 0 Å². The van der Waals surface area contributed by atoms with E-state index in [2.05, 4.69) is 26.6 Å². The maximum absolute atomic E-state index is 13.1. The number of aryl methyl sites for hydroxylation is 1. The molecule has 5 nitrogen and oxygen atoms in total. The molecule has 0 spiro atoms. The predicted octanol–water partition coefficient (Wildman–Crippen LogP) is 5.88. The van der Waals surface area contributed by atoms with Crippen molar-refractivity contribution >= 4 is 49.8 Å². The molecule has 0 bridgehead atoms. The third-order valence-electron chi connectivity index (χ3n) is 4.72. The Morgan fingerprint density at radius 2 is 1.75 bits per heavy atom. The lowest BCUT2D eigenvalue weighted by Crippen LogP contribution is -2.18. The summed E-state index contributed by atoms with van der Waals surface area (Å²) >= 11 is 4.90. The Morgan fingerprint density at radius 3 is 2.50 bits per heavy atom. The standard InChI is InChI=1S/C21H19BrN2O3S/c22-13-8-10-14(11-9-13)23-20(26)18-15-5-2-1-3-7-17(15)28-21(18)24-19(25)16-6-4-12-27-16/h4,6,8-12H,1-3,5,7H2,(H,23,26)(H,24,25). The molecule has 0 fully saturated rings. The van der Waals surface area contributed by atoms with E-state index in [-0.39, 0.29) is 17.6 Å². The van der Waals surface area contributed by atoms with Gasteiger partial charge in [-0.15, -0.1) is 11.3 Å². The van der Waals surface area contributed by atoms with Crippen LogP contribution < -0.4 is 10.6 Å². The second kappa shape index (κ2) is 8.32. The van der Waals surface area contributed by atoms with Crippen molar-refractivity contribution in [3.05, 3.63) is 68.9 Å². The second-order valence-corrected chi connectivity index (χ2v) is 8.68. The average Bonchev–Trinajstić information content (AvgIpc) is 3.27. The number of rotatable bonds is 4. The number of hydrogen-bond donors (Lipinski definition) is 2. The first-order valence-corrected chi connectivity index (χ1v) is 10.8. The zero-order valence-corrected chi connectivity index (χ0v) is 17.5. The fourth-order valence-electron chi connectivity index (χ4n) is 3.37. The van der Waals surface area contributed by atoms with Crippen LogP contribution in [-0.2, 0) is 12.8 Å². The molecule has 144 valence electrons. The summed E-state index contributed by atoms with van der Waals surface area (Å²) in [5.41, 5.74) is 2.35. The molecule has 0 aliphatic heterocycles. The number of hydrogen-bond acceptors (Lipinski definition) is 4. The van der Waals surface area contributed by atoms with Gasteiger partial charge in [0, 0.05) is 15.0 Å². The molecule has 0 saturated heterocycles. The van der Waals surface area contributed by atoms with Gasteiger partial charge in [0.15, 0.2) is 5.76 Å². The number of thiophene rings is 1.